The molecule has 2 heterocycles. The maximum atomic E-state index is 12.5. The molecule has 0 aliphatic carbocycles. The normalized spacial score (nSPS) is 21.0. The Morgan fingerprint density at radius 2 is 1.97 bits per heavy atom. The molecule has 0 aromatic heterocycles. The van der Waals surface area contributed by atoms with Crippen LogP contribution in [0.3, 0.4) is 0 Å². The monoisotopic (exact) mass is 416 g/mol. The van der Waals surface area contributed by atoms with Crippen molar-refractivity contribution in [3.05, 3.63) is 35.9 Å². The van der Waals surface area contributed by atoms with E-state index in [4.69, 9.17) is 14.5 Å². The molecule has 166 valence electrons. The molecule has 1 aromatic carbocycles. The van der Waals surface area contributed by atoms with Gasteiger partial charge in [-0.05, 0) is 31.2 Å². The largest absolute Gasteiger partial charge is 0.376 e. The van der Waals surface area contributed by atoms with E-state index in [1.54, 1.807) is 0 Å². The van der Waals surface area contributed by atoms with Gasteiger partial charge >= 0.3 is 0 Å². The number of nitrogens with one attached hydrogen (secondary N) is 1. The Bertz CT molecular complexity index is 668. The van der Waals surface area contributed by atoms with Crippen molar-refractivity contribution in [2.75, 3.05) is 52.5 Å². The van der Waals surface area contributed by atoms with Gasteiger partial charge in [-0.15, -0.1) is 0 Å². The predicted molar refractivity (Wildman–Crippen MR) is 118 cm³/mol. The number of guanidine groups is 1. The van der Waals surface area contributed by atoms with Crippen molar-refractivity contribution in [1.82, 2.24) is 15.1 Å². The number of rotatable bonds is 8. The minimum Gasteiger partial charge on any atom is -0.376 e. The van der Waals surface area contributed by atoms with Crippen LogP contribution in [0.1, 0.15) is 32.3 Å². The van der Waals surface area contributed by atoms with Crippen molar-refractivity contribution >= 4 is 11.9 Å². The van der Waals surface area contributed by atoms with Crippen LogP contribution in [0.2, 0.25) is 0 Å². The van der Waals surface area contributed by atoms with Crippen LogP contribution in [0.15, 0.2) is 35.3 Å². The molecule has 2 atom stereocenters. The molecule has 2 unspecified atom stereocenters. The average molecular weight is 417 g/mol. The van der Waals surface area contributed by atoms with Crippen molar-refractivity contribution in [3.63, 3.8) is 0 Å². The average Bonchev–Trinajstić information content (AvgIpc) is 3.32. The lowest BCUT2D eigenvalue weighted by Crippen LogP contribution is -2.55. The third kappa shape index (κ3) is 6.71. The van der Waals surface area contributed by atoms with E-state index in [2.05, 4.69) is 36.2 Å². The lowest BCUT2D eigenvalue weighted by Gasteiger charge is -2.37. The van der Waals surface area contributed by atoms with E-state index in [0.717, 1.165) is 51.5 Å². The first-order valence-electron chi connectivity index (χ1n) is 11.2. The first kappa shape index (κ1) is 22.6. The van der Waals surface area contributed by atoms with Crippen LogP contribution in [0.25, 0.3) is 0 Å². The minimum absolute atomic E-state index is 0.151. The Morgan fingerprint density at radius 1 is 1.23 bits per heavy atom. The summed E-state index contributed by atoms with van der Waals surface area (Å²) in [6.45, 7) is 10.8. The molecular weight excluding hydrogens is 380 g/mol. The molecule has 1 N–H and O–H groups in total. The van der Waals surface area contributed by atoms with Gasteiger partial charge in [-0.3, -0.25) is 9.79 Å². The molecular formula is C23H36N4O3. The highest BCUT2D eigenvalue weighted by Gasteiger charge is 2.30. The number of piperazine rings is 1. The van der Waals surface area contributed by atoms with E-state index in [-0.39, 0.29) is 12.0 Å². The fourth-order valence-electron chi connectivity index (χ4n) is 3.79. The van der Waals surface area contributed by atoms with E-state index in [9.17, 15) is 4.79 Å². The quantitative estimate of drug-likeness (QED) is 0.520. The Kier molecular flexibility index (Phi) is 8.96. The fraction of sp³-hybridized carbons (Fsp3) is 0.652. The molecule has 0 spiro atoms. The standard InChI is InChI=1S/C23H36N4O3/c1-3-24-23(25-16-19(2)17-29-18-20-8-5-4-6-9-20)27-13-11-26(12-14-27)22(28)21-10-7-15-30-21/h4-6,8-9,19,21H,3,7,10-18H2,1-2H3,(H,24,25). The minimum atomic E-state index is -0.227. The van der Waals surface area contributed by atoms with Gasteiger partial charge in [0, 0.05) is 45.9 Å². The number of hydrogen-bond donors (Lipinski definition) is 1. The van der Waals surface area contributed by atoms with Gasteiger partial charge in [0.05, 0.1) is 13.2 Å². The topological polar surface area (TPSA) is 66.4 Å². The summed E-state index contributed by atoms with van der Waals surface area (Å²) in [6, 6.07) is 10.2. The van der Waals surface area contributed by atoms with Crippen LogP contribution < -0.4 is 5.32 Å². The zero-order chi connectivity index (χ0) is 21.2. The number of amides is 1. The van der Waals surface area contributed by atoms with Gasteiger partial charge in [0.15, 0.2) is 5.96 Å². The molecule has 0 radical (unpaired) electrons. The van der Waals surface area contributed by atoms with Gasteiger partial charge in [-0.1, -0.05) is 37.3 Å². The summed E-state index contributed by atoms with van der Waals surface area (Å²) in [7, 11) is 0. The van der Waals surface area contributed by atoms with Gasteiger partial charge in [-0.25, -0.2) is 0 Å². The summed E-state index contributed by atoms with van der Waals surface area (Å²) < 4.78 is 11.4. The third-order valence-electron chi connectivity index (χ3n) is 5.50. The highest BCUT2D eigenvalue weighted by Crippen LogP contribution is 2.16. The molecule has 2 saturated heterocycles. The van der Waals surface area contributed by atoms with Crippen LogP contribution in [0.4, 0.5) is 0 Å². The van der Waals surface area contributed by atoms with Crippen molar-refractivity contribution in [2.24, 2.45) is 10.9 Å². The third-order valence-corrected chi connectivity index (χ3v) is 5.50. The fourth-order valence-corrected chi connectivity index (χ4v) is 3.79. The number of carbonyl (C=O) groups excluding carboxylic acids is 1. The smallest absolute Gasteiger partial charge is 0.251 e. The number of hydrogen-bond acceptors (Lipinski definition) is 4. The van der Waals surface area contributed by atoms with Crippen molar-refractivity contribution < 1.29 is 14.3 Å². The van der Waals surface area contributed by atoms with Crippen molar-refractivity contribution in [1.29, 1.82) is 0 Å². The van der Waals surface area contributed by atoms with Gasteiger partial charge in [0.25, 0.3) is 5.91 Å². The molecule has 1 aromatic rings. The van der Waals surface area contributed by atoms with Crippen LogP contribution in [0.5, 0.6) is 0 Å². The molecule has 0 bridgehead atoms. The maximum Gasteiger partial charge on any atom is 0.251 e. The van der Waals surface area contributed by atoms with E-state index in [0.29, 0.717) is 32.3 Å². The highest BCUT2D eigenvalue weighted by molar-refractivity contribution is 5.82. The summed E-state index contributed by atoms with van der Waals surface area (Å²) in [5.74, 6) is 1.42. The zero-order valence-corrected chi connectivity index (χ0v) is 18.4. The molecule has 2 fully saturated rings. The Morgan fingerprint density at radius 3 is 2.63 bits per heavy atom. The molecule has 7 nitrogen and oxygen atoms in total. The second-order valence-electron chi connectivity index (χ2n) is 8.11. The molecule has 0 saturated carbocycles. The summed E-state index contributed by atoms with van der Waals surface area (Å²) in [4.78, 5) is 21.6. The lowest BCUT2D eigenvalue weighted by atomic mass is 10.2. The SMILES string of the molecule is CCNC(=NCC(C)COCc1ccccc1)N1CCN(C(=O)C2CCCO2)CC1. The Hall–Kier alpha value is -2.12. The van der Waals surface area contributed by atoms with Gasteiger partial charge in [0.1, 0.15) is 6.10 Å². The zero-order valence-electron chi connectivity index (χ0n) is 18.4. The van der Waals surface area contributed by atoms with Crippen molar-refractivity contribution in [3.8, 4) is 0 Å². The van der Waals surface area contributed by atoms with Crippen LogP contribution in [0, 0.1) is 5.92 Å². The maximum absolute atomic E-state index is 12.5. The Labute approximate surface area is 180 Å². The van der Waals surface area contributed by atoms with Gasteiger partial charge < -0.3 is 24.6 Å². The second kappa shape index (κ2) is 11.9. The highest BCUT2D eigenvalue weighted by atomic mass is 16.5. The van der Waals surface area contributed by atoms with E-state index in [1.165, 1.54) is 5.56 Å². The molecule has 7 heteroatoms. The Balaban J connectivity index is 1.43. The molecule has 1 amide bonds. The molecule has 2 aliphatic heterocycles. The van der Waals surface area contributed by atoms with Gasteiger partial charge in [0.2, 0.25) is 0 Å². The second-order valence-corrected chi connectivity index (χ2v) is 8.11. The molecule has 30 heavy (non-hydrogen) atoms. The first-order chi connectivity index (χ1) is 14.7. The van der Waals surface area contributed by atoms with Crippen LogP contribution >= 0.6 is 0 Å². The van der Waals surface area contributed by atoms with E-state index in [1.807, 2.05) is 23.1 Å². The van der Waals surface area contributed by atoms with Gasteiger partial charge in [-0.2, -0.15) is 0 Å². The number of carbonyl (C=O) groups is 1. The number of nitrogens with zero attached hydrogens (tertiary/aromatic N) is 3. The predicted octanol–water partition coefficient (Wildman–Crippen LogP) is 2.13. The molecule has 3 rings (SSSR count). The summed E-state index contributed by atoms with van der Waals surface area (Å²) >= 11 is 0. The summed E-state index contributed by atoms with van der Waals surface area (Å²) in [5, 5.41) is 3.40. The van der Waals surface area contributed by atoms with Crippen LogP contribution in [-0.4, -0.2) is 80.3 Å². The number of ether oxygens (including phenoxy) is 2. The summed E-state index contributed by atoms with van der Waals surface area (Å²) in [5.41, 5.74) is 1.19. The van der Waals surface area contributed by atoms with E-state index < -0.39 is 0 Å². The van der Waals surface area contributed by atoms with Crippen LogP contribution in [-0.2, 0) is 20.9 Å². The molecule has 2 aliphatic rings. The first-order valence-corrected chi connectivity index (χ1v) is 11.2. The lowest BCUT2D eigenvalue weighted by molar-refractivity contribution is -0.142. The summed E-state index contributed by atoms with van der Waals surface area (Å²) in [6.07, 6.45) is 1.61. The van der Waals surface area contributed by atoms with Crippen molar-refractivity contribution in [2.45, 2.75) is 39.4 Å². The number of aliphatic imine (C=N–C) groups is 1. The number of benzene rings is 1. The van der Waals surface area contributed by atoms with E-state index >= 15 is 0 Å².